The topological polar surface area (TPSA) is 0 Å². The van der Waals surface area contributed by atoms with Gasteiger partial charge >= 0.3 is 0 Å². The molecule has 0 nitrogen and oxygen atoms in total. The molecule has 0 heteroatoms. The second kappa shape index (κ2) is 4.83. The maximum absolute atomic E-state index is 3.95. The Labute approximate surface area is 83.4 Å². The minimum absolute atomic E-state index is 0.785. The van der Waals surface area contributed by atoms with Crippen LogP contribution >= 0.6 is 0 Å². The molecular weight excluding hydrogens is 156 g/mol. The van der Waals surface area contributed by atoms with Crippen LogP contribution in [0.1, 0.15) is 46.5 Å². The lowest BCUT2D eigenvalue weighted by Gasteiger charge is -2.40. The number of hydrogen-bond acceptors (Lipinski definition) is 0. The van der Waals surface area contributed by atoms with Gasteiger partial charge in [0.05, 0.1) is 0 Å². The molecule has 0 saturated heterocycles. The molecule has 0 bridgehead atoms. The van der Waals surface area contributed by atoms with Gasteiger partial charge in [-0.3, -0.25) is 0 Å². The van der Waals surface area contributed by atoms with Gasteiger partial charge < -0.3 is 0 Å². The molecule has 0 spiro atoms. The van der Waals surface area contributed by atoms with Crippen molar-refractivity contribution in [2.45, 2.75) is 46.5 Å². The average Bonchev–Trinajstić information content (AvgIpc) is 2.17. The number of allylic oxidation sites excluding steroid dienone is 1. The first-order valence-corrected chi connectivity index (χ1v) is 5.87. The van der Waals surface area contributed by atoms with Crippen LogP contribution in [0.3, 0.4) is 0 Å². The third-order valence-corrected chi connectivity index (χ3v) is 4.13. The Morgan fingerprint density at radius 1 is 1.23 bits per heavy atom. The zero-order valence-corrected chi connectivity index (χ0v) is 9.42. The molecule has 2 unspecified atom stereocenters. The van der Waals surface area contributed by atoms with E-state index in [0.29, 0.717) is 0 Å². The van der Waals surface area contributed by atoms with Gasteiger partial charge in [0.15, 0.2) is 0 Å². The molecule has 0 heterocycles. The summed E-state index contributed by atoms with van der Waals surface area (Å²) >= 11 is 0. The zero-order valence-electron chi connectivity index (χ0n) is 9.42. The first-order valence-electron chi connectivity index (χ1n) is 5.87. The van der Waals surface area contributed by atoms with E-state index in [1.807, 2.05) is 0 Å². The van der Waals surface area contributed by atoms with Crippen LogP contribution < -0.4 is 0 Å². The van der Waals surface area contributed by atoms with E-state index in [9.17, 15) is 0 Å². The van der Waals surface area contributed by atoms with Crippen LogP contribution in [0.25, 0.3) is 0 Å². The molecule has 1 saturated carbocycles. The highest BCUT2D eigenvalue weighted by atomic mass is 14.4. The summed E-state index contributed by atoms with van der Waals surface area (Å²) in [6.07, 6.45) is 7.70. The molecule has 4 atom stereocenters. The minimum atomic E-state index is 0.785. The fraction of sp³-hybridized carbons (Fsp3) is 0.846. The van der Waals surface area contributed by atoms with Crippen molar-refractivity contribution in [2.75, 3.05) is 0 Å². The van der Waals surface area contributed by atoms with E-state index in [1.54, 1.807) is 0 Å². The van der Waals surface area contributed by atoms with Gasteiger partial charge in [-0.15, -0.1) is 6.58 Å². The normalized spacial score (nSPS) is 40.2. The molecule has 0 radical (unpaired) electrons. The molecule has 1 fully saturated rings. The first-order chi connectivity index (χ1) is 6.24. The molecule has 0 aromatic rings. The predicted octanol–water partition coefficient (Wildman–Crippen LogP) is 4.27. The Balaban J connectivity index is 2.65. The predicted molar refractivity (Wildman–Crippen MR) is 59.6 cm³/mol. The standard InChI is InChI=1S/C13H24/c1-5-11-8-9-12(6-2)13(7-3)10(11)4/h5,10-13H,1,6-9H2,2-4H3/t10-,11-,12?,13?/m1/s1. The summed E-state index contributed by atoms with van der Waals surface area (Å²) in [5.41, 5.74) is 0. The van der Waals surface area contributed by atoms with Crippen molar-refractivity contribution in [1.82, 2.24) is 0 Å². The summed E-state index contributed by atoms with van der Waals surface area (Å²) < 4.78 is 0. The van der Waals surface area contributed by atoms with E-state index in [1.165, 1.54) is 25.7 Å². The molecule has 0 N–H and O–H groups in total. The fourth-order valence-electron chi connectivity index (χ4n) is 3.17. The van der Waals surface area contributed by atoms with Crippen molar-refractivity contribution in [2.24, 2.45) is 23.7 Å². The Bertz CT molecular complexity index is 159. The van der Waals surface area contributed by atoms with Crippen molar-refractivity contribution < 1.29 is 0 Å². The van der Waals surface area contributed by atoms with E-state index >= 15 is 0 Å². The van der Waals surface area contributed by atoms with Gasteiger partial charge in [-0.2, -0.15) is 0 Å². The van der Waals surface area contributed by atoms with Gasteiger partial charge in [-0.25, -0.2) is 0 Å². The maximum Gasteiger partial charge on any atom is -0.0208 e. The average molecular weight is 180 g/mol. The van der Waals surface area contributed by atoms with Gasteiger partial charge in [0.1, 0.15) is 0 Å². The summed E-state index contributed by atoms with van der Waals surface area (Å²) in [4.78, 5) is 0. The van der Waals surface area contributed by atoms with E-state index < -0.39 is 0 Å². The molecule has 0 aliphatic heterocycles. The van der Waals surface area contributed by atoms with Crippen molar-refractivity contribution in [1.29, 1.82) is 0 Å². The fourth-order valence-corrected chi connectivity index (χ4v) is 3.17. The second-order valence-electron chi connectivity index (χ2n) is 4.58. The molecule has 1 aliphatic rings. The Morgan fingerprint density at radius 2 is 1.92 bits per heavy atom. The molecule has 76 valence electrons. The molecule has 1 aliphatic carbocycles. The van der Waals surface area contributed by atoms with Crippen molar-refractivity contribution >= 4 is 0 Å². The van der Waals surface area contributed by atoms with Gasteiger partial charge in [-0.05, 0) is 36.5 Å². The SMILES string of the molecule is C=C[C@@H]1CCC(CC)C(CC)[C@@H]1C. The van der Waals surface area contributed by atoms with Gasteiger partial charge in [0.2, 0.25) is 0 Å². The molecule has 1 rings (SSSR count). The Morgan fingerprint density at radius 3 is 2.38 bits per heavy atom. The summed E-state index contributed by atoms with van der Waals surface area (Å²) in [5.74, 6) is 3.58. The molecule has 0 aromatic heterocycles. The molecular formula is C13H24. The third kappa shape index (κ3) is 2.15. The molecule has 0 amide bonds. The van der Waals surface area contributed by atoms with Crippen LogP contribution in [0.15, 0.2) is 12.7 Å². The van der Waals surface area contributed by atoms with E-state index in [2.05, 4.69) is 33.4 Å². The highest BCUT2D eigenvalue weighted by Gasteiger charge is 2.32. The third-order valence-electron chi connectivity index (χ3n) is 4.13. The number of rotatable bonds is 3. The highest BCUT2D eigenvalue weighted by Crippen LogP contribution is 2.42. The van der Waals surface area contributed by atoms with Gasteiger partial charge in [-0.1, -0.05) is 39.7 Å². The lowest BCUT2D eigenvalue weighted by molar-refractivity contribution is 0.119. The number of hydrogen-bond donors (Lipinski definition) is 0. The molecule has 0 aromatic carbocycles. The van der Waals surface area contributed by atoms with Crippen LogP contribution in [0.4, 0.5) is 0 Å². The van der Waals surface area contributed by atoms with Crippen LogP contribution in [-0.4, -0.2) is 0 Å². The van der Waals surface area contributed by atoms with Crippen molar-refractivity contribution in [3.05, 3.63) is 12.7 Å². The monoisotopic (exact) mass is 180 g/mol. The van der Waals surface area contributed by atoms with Crippen LogP contribution in [0.5, 0.6) is 0 Å². The zero-order chi connectivity index (χ0) is 9.84. The minimum Gasteiger partial charge on any atom is -0.103 e. The lowest BCUT2D eigenvalue weighted by Crippen LogP contribution is -2.31. The van der Waals surface area contributed by atoms with Crippen LogP contribution in [0.2, 0.25) is 0 Å². The first kappa shape index (κ1) is 10.8. The van der Waals surface area contributed by atoms with E-state index in [-0.39, 0.29) is 0 Å². The Hall–Kier alpha value is -0.260. The lowest BCUT2D eigenvalue weighted by atomic mass is 9.65. The maximum atomic E-state index is 3.95. The van der Waals surface area contributed by atoms with E-state index in [0.717, 1.165) is 23.7 Å². The summed E-state index contributed by atoms with van der Waals surface area (Å²) in [5, 5.41) is 0. The summed E-state index contributed by atoms with van der Waals surface area (Å²) in [6, 6.07) is 0. The molecule has 13 heavy (non-hydrogen) atoms. The van der Waals surface area contributed by atoms with Crippen molar-refractivity contribution in [3.63, 3.8) is 0 Å². The second-order valence-corrected chi connectivity index (χ2v) is 4.58. The van der Waals surface area contributed by atoms with Gasteiger partial charge in [0.25, 0.3) is 0 Å². The van der Waals surface area contributed by atoms with Crippen LogP contribution in [0, 0.1) is 23.7 Å². The van der Waals surface area contributed by atoms with Crippen LogP contribution in [-0.2, 0) is 0 Å². The van der Waals surface area contributed by atoms with E-state index in [4.69, 9.17) is 0 Å². The smallest absolute Gasteiger partial charge is 0.0208 e. The quantitative estimate of drug-likeness (QED) is 0.569. The summed E-state index contributed by atoms with van der Waals surface area (Å²) in [7, 11) is 0. The largest absolute Gasteiger partial charge is 0.103 e. The van der Waals surface area contributed by atoms with Gasteiger partial charge in [0, 0.05) is 0 Å². The summed E-state index contributed by atoms with van der Waals surface area (Å²) in [6.45, 7) is 11.1. The Kier molecular flexibility index (Phi) is 4.02. The highest BCUT2D eigenvalue weighted by molar-refractivity contribution is 4.91. The van der Waals surface area contributed by atoms with Crippen molar-refractivity contribution in [3.8, 4) is 0 Å².